The summed E-state index contributed by atoms with van der Waals surface area (Å²) in [5.74, 6) is 0.802. The molecule has 0 spiro atoms. The van der Waals surface area contributed by atoms with Gasteiger partial charge in [-0.15, -0.1) is 0 Å². The Labute approximate surface area is 123 Å². The molecule has 0 amide bonds. The molecule has 0 saturated heterocycles. The Morgan fingerprint density at radius 2 is 1.95 bits per heavy atom. The molecular formula is C17H17N3O. The second-order valence-electron chi connectivity index (χ2n) is 4.86. The van der Waals surface area contributed by atoms with Gasteiger partial charge in [-0.2, -0.15) is 0 Å². The number of aromatic nitrogens is 1. The minimum Gasteiger partial charge on any atom is -0.399 e. The van der Waals surface area contributed by atoms with Crippen LogP contribution in [-0.2, 0) is 11.3 Å². The highest BCUT2D eigenvalue weighted by Crippen LogP contribution is 2.23. The fraction of sp³-hybridized carbons (Fsp3) is 0.118. The van der Waals surface area contributed by atoms with Gasteiger partial charge >= 0.3 is 0 Å². The van der Waals surface area contributed by atoms with Gasteiger partial charge in [-0.25, -0.2) is 4.98 Å². The van der Waals surface area contributed by atoms with Crippen LogP contribution in [0.5, 0.6) is 0 Å². The molecule has 106 valence electrons. The molecule has 3 rings (SSSR count). The van der Waals surface area contributed by atoms with Crippen molar-refractivity contribution in [3.8, 4) is 0 Å². The van der Waals surface area contributed by atoms with E-state index in [2.05, 4.69) is 10.3 Å². The maximum absolute atomic E-state index is 5.78. The van der Waals surface area contributed by atoms with Crippen molar-refractivity contribution in [2.75, 3.05) is 18.2 Å². The van der Waals surface area contributed by atoms with E-state index < -0.39 is 0 Å². The molecule has 0 radical (unpaired) electrons. The van der Waals surface area contributed by atoms with Crippen LogP contribution in [0.4, 0.5) is 17.2 Å². The van der Waals surface area contributed by atoms with Crippen LogP contribution in [0.3, 0.4) is 0 Å². The fourth-order valence-electron chi connectivity index (χ4n) is 2.28. The number of ether oxygens (including phenoxy) is 1. The molecule has 3 N–H and O–H groups in total. The summed E-state index contributed by atoms with van der Waals surface area (Å²) in [6.45, 7) is 0.563. The maximum atomic E-state index is 5.78. The average molecular weight is 279 g/mol. The Morgan fingerprint density at radius 1 is 1.10 bits per heavy atom. The number of para-hydroxylation sites is 1. The molecule has 0 bridgehead atoms. The lowest BCUT2D eigenvalue weighted by Crippen LogP contribution is -1.99. The van der Waals surface area contributed by atoms with Crippen molar-refractivity contribution in [3.05, 3.63) is 60.2 Å². The number of anilines is 3. The maximum Gasteiger partial charge on any atom is 0.131 e. The first-order valence-electron chi connectivity index (χ1n) is 6.76. The predicted molar refractivity (Wildman–Crippen MR) is 86.6 cm³/mol. The minimum atomic E-state index is 0.563. The van der Waals surface area contributed by atoms with Crippen LogP contribution in [0.15, 0.2) is 54.6 Å². The highest BCUT2D eigenvalue weighted by atomic mass is 16.5. The third-order valence-corrected chi connectivity index (χ3v) is 3.29. The van der Waals surface area contributed by atoms with Crippen LogP contribution in [0.2, 0.25) is 0 Å². The average Bonchev–Trinajstić information content (AvgIpc) is 2.50. The van der Waals surface area contributed by atoms with Gasteiger partial charge in [0.15, 0.2) is 0 Å². The quantitative estimate of drug-likeness (QED) is 0.715. The molecule has 21 heavy (non-hydrogen) atoms. The van der Waals surface area contributed by atoms with E-state index in [9.17, 15) is 0 Å². The monoisotopic (exact) mass is 279 g/mol. The minimum absolute atomic E-state index is 0.563. The molecule has 0 fully saturated rings. The van der Waals surface area contributed by atoms with Crippen LogP contribution in [-0.4, -0.2) is 12.1 Å². The van der Waals surface area contributed by atoms with Gasteiger partial charge in [0, 0.05) is 29.4 Å². The van der Waals surface area contributed by atoms with Crippen LogP contribution >= 0.6 is 0 Å². The van der Waals surface area contributed by atoms with E-state index in [0.29, 0.717) is 6.61 Å². The summed E-state index contributed by atoms with van der Waals surface area (Å²) in [5, 5.41) is 4.37. The molecule has 3 aromatic rings. The molecule has 0 saturated carbocycles. The molecule has 0 aliphatic carbocycles. The number of nitrogen functional groups attached to an aromatic ring is 1. The van der Waals surface area contributed by atoms with E-state index in [1.54, 1.807) is 7.11 Å². The number of rotatable bonds is 4. The summed E-state index contributed by atoms with van der Waals surface area (Å²) in [6, 6.07) is 17.7. The first-order valence-corrected chi connectivity index (χ1v) is 6.76. The molecule has 2 aromatic carbocycles. The van der Waals surface area contributed by atoms with Crippen LogP contribution in [0, 0.1) is 0 Å². The van der Waals surface area contributed by atoms with Crippen molar-refractivity contribution in [2.24, 2.45) is 0 Å². The Bertz CT molecular complexity index is 771. The first-order chi connectivity index (χ1) is 10.3. The van der Waals surface area contributed by atoms with E-state index in [0.717, 1.165) is 33.7 Å². The van der Waals surface area contributed by atoms with E-state index in [-0.39, 0.29) is 0 Å². The number of nitrogens with zero attached hydrogens (tertiary/aromatic N) is 1. The van der Waals surface area contributed by atoms with Gasteiger partial charge < -0.3 is 15.8 Å². The second-order valence-corrected chi connectivity index (χ2v) is 4.86. The molecule has 4 nitrogen and oxygen atoms in total. The molecule has 0 unspecified atom stereocenters. The standard InChI is InChI=1S/C17H17N3O/c1-21-11-13-4-2-3-5-15(13)19-17-9-6-12-10-14(18)7-8-16(12)20-17/h2-10H,11,18H2,1H3,(H,19,20). The molecule has 0 aliphatic heterocycles. The lowest BCUT2D eigenvalue weighted by molar-refractivity contribution is 0.185. The highest BCUT2D eigenvalue weighted by molar-refractivity contribution is 5.83. The number of fused-ring (bicyclic) bond motifs is 1. The van der Waals surface area contributed by atoms with Crippen LogP contribution < -0.4 is 11.1 Å². The number of benzene rings is 2. The van der Waals surface area contributed by atoms with Gasteiger partial charge in [0.2, 0.25) is 0 Å². The summed E-state index contributed by atoms with van der Waals surface area (Å²) in [5.41, 5.74) is 9.54. The smallest absolute Gasteiger partial charge is 0.131 e. The number of hydrogen-bond acceptors (Lipinski definition) is 4. The summed E-state index contributed by atoms with van der Waals surface area (Å²) < 4.78 is 5.22. The third kappa shape index (κ3) is 2.95. The van der Waals surface area contributed by atoms with Crippen molar-refractivity contribution >= 4 is 28.1 Å². The topological polar surface area (TPSA) is 60.2 Å². The van der Waals surface area contributed by atoms with Crippen molar-refractivity contribution < 1.29 is 4.74 Å². The number of methoxy groups -OCH3 is 1. The van der Waals surface area contributed by atoms with E-state index in [4.69, 9.17) is 10.5 Å². The predicted octanol–water partition coefficient (Wildman–Crippen LogP) is 3.71. The van der Waals surface area contributed by atoms with Crippen molar-refractivity contribution in [1.29, 1.82) is 0 Å². The Hall–Kier alpha value is -2.59. The molecule has 1 heterocycles. The Morgan fingerprint density at radius 3 is 2.81 bits per heavy atom. The van der Waals surface area contributed by atoms with Gasteiger partial charge in [0.25, 0.3) is 0 Å². The zero-order chi connectivity index (χ0) is 14.7. The molecule has 0 aliphatic rings. The van der Waals surface area contributed by atoms with E-state index >= 15 is 0 Å². The molecule has 0 atom stereocenters. The number of hydrogen-bond donors (Lipinski definition) is 2. The van der Waals surface area contributed by atoms with Crippen molar-refractivity contribution in [3.63, 3.8) is 0 Å². The number of pyridine rings is 1. The van der Waals surface area contributed by atoms with Gasteiger partial charge in [0.05, 0.1) is 12.1 Å². The summed E-state index contributed by atoms with van der Waals surface area (Å²) in [7, 11) is 1.69. The lowest BCUT2D eigenvalue weighted by atomic mass is 10.1. The van der Waals surface area contributed by atoms with Gasteiger partial charge in [0.1, 0.15) is 5.82 Å². The zero-order valence-electron chi connectivity index (χ0n) is 11.8. The van der Waals surface area contributed by atoms with Crippen LogP contribution in [0.25, 0.3) is 10.9 Å². The fourth-order valence-corrected chi connectivity index (χ4v) is 2.28. The van der Waals surface area contributed by atoms with Gasteiger partial charge in [-0.05, 0) is 36.4 Å². The second kappa shape index (κ2) is 5.81. The molecule has 4 heteroatoms. The first kappa shape index (κ1) is 13.4. The van der Waals surface area contributed by atoms with E-state index in [1.807, 2.05) is 54.6 Å². The third-order valence-electron chi connectivity index (χ3n) is 3.29. The zero-order valence-corrected chi connectivity index (χ0v) is 11.8. The lowest BCUT2D eigenvalue weighted by Gasteiger charge is -2.11. The highest BCUT2D eigenvalue weighted by Gasteiger charge is 2.04. The van der Waals surface area contributed by atoms with Gasteiger partial charge in [-0.1, -0.05) is 18.2 Å². The summed E-state index contributed by atoms with van der Waals surface area (Å²) in [4.78, 5) is 4.61. The Balaban J connectivity index is 1.93. The molecule has 1 aromatic heterocycles. The normalized spacial score (nSPS) is 10.7. The number of nitrogens with one attached hydrogen (secondary N) is 1. The number of nitrogens with two attached hydrogens (primary N) is 1. The Kier molecular flexibility index (Phi) is 3.71. The summed E-state index contributed by atoms with van der Waals surface area (Å²) >= 11 is 0. The van der Waals surface area contributed by atoms with Gasteiger partial charge in [-0.3, -0.25) is 0 Å². The van der Waals surface area contributed by atoms with E-state index in [1.165, 1.54) is 0 Å². The largest absolute Gasteiger partial charge is 0.399 e. The summed E-state index contributed by atoms with van der Waals surface area (Å²) in [6.07, 6.45) is 0. The van der Waals surface area contributed by atoms with Crippen molar-refractivity contribution in [2.45, 2.75) is 6.61 Å². The molecular weight excluding hydrogens is 262 g/mol. The SMILES string of the molecule is COCc1ccccc1Nc1ccc2cc(N)ccc2n1. The van der Waals surface area contributed by atoms with Crippen LogP contribution in [0.1, 0.15) is 5.56 Å². The van der Waals surface area contributed by atoms with Crippen molar-refractivity contribution in [1.82, 2.24) is 4.98 Å².